The molecule has 5 rings (SSSR count). The number of nitrogens with zero attached hydrogens (tertiary/aromatic N) is 2. The maximum absolute atomic E-state index is 12.4. The number of methoxy groups -OCH3 is 1. The Kier molecular flexibility index (Phi) is 7.14. The third-order valence-electron chi connectivity index (χ3n) is 7.59. The highest BCUT2D eigenvalue weighted by molar-refractivity contribution is 5.68. The van der Waals surface area contributed by atoms with E-state index in [4.69, 9.17) is 9.47 Å². The fourth-order valence-corrected chi connectivity index (χ4v) is 5.76. The molecule has 0 aromatic heterocycles. The molecular weight excluding hydrogens is 460 g/mol. The topological polar surface area (TPSA) is 42.0 Å². The predicted octanol–water partition coefficient (Wildman–Crippen LogP) is 6.61. The zero-order chi connectivity index (χ0) is 26.0. The summed E-state index contributed by atoms with van der Waals surface area (Å²) < 4.78 is 11.1. The molecule has 3 aromatic rings. The van der Waals surface area contributed by atoms with Crippen LogP contribution < -0.4 is 9.64 Å². The van der Waals surface area contributed by atoms with E-state index in [1.54, 1.807) is 7.11 Å². The molecule has 0 N–H and O–H groups in total. The smallest absolute Gasteiger partial charge is 0.410 e. The number of rotatable bonds is 4. The number of piperazine rings is 1. The Hall–Kier alpha value is -3.47. The largest absolute Gasteiger partial charge is 0.497 e. The first-order chi connectivity index (χ1) is 17.8. The van der Waals surface area contributed by atoms with Crippen LogP contribution in [-0.4, -0.2) is 49.9 Å². The second kappa shape index (κ2) is 10.5. The Morgan fingerprint density at radius 2 is 1.57 bits per heavy atom. The number of fused-ring (bicyclic) bond motifs is 1. The van der Waals surface area contributed by atoms with Crippen LogP contribution in [0.1, 0.15) is 61.3 Å². The molecule has 3 aromatic carbocycles. The van der Waals surface area contributed by atoms with Crippen LogP contribution in [0, 0.1) is 0 Å². The molecule has 2 unspecified atom stereocenters. The van der Waals surface area contributed by atoms with Crippen molar-refractivity contribution in [1.82, 2.24) is 4.90 Å². The number of hydrogen-bond donors (Lipinski definition) is 0. The van der Waals surface area contributed by atoms with E-state index in [-0.39, 0.29) is 6.09 Å². The standard InChI is InChI=1S/C32H38N2O3/c1-32(2,3)37-31(35)34-20-18-33(19-21-34)26-13-10-24(11-14-26)30-28(23-8-6-5-7-9-23)16-12-25-22-27(36-4)15-17-29(25)30/h5-11,13-15,17,22,28,30H,12,16,18-21H2,1-4H3. The first-order valence-corrected chi connectivity index (χ1v) is 13.4. The molecule has 5 nitrogen and oxygen atoms in total. The molecule has 1 amide bonds. The summed E-state index contributed by atoms with van der Waals surface area (Å²) in [6.07, 6.45) is 1.95. The summed E-state index contributed by atoms with van der Waals surface area (Å²) in [5, 5.41) is 0. The van der Waals surface area contributed by atoms with Gasteiger partial charge in [0.05, 0.1) is 7.11 Å². The summed E-state index contributed by atoms with van der Waals surface area (Å²) >= 11 is 0. The van der Waals surface area contributed by atoms with Crippen molar-refractivity contribution < 1.29 is 14.3 Å². The maximum atomic E-state index is 12.4. The van der Waals surface area contributed by atoms with Gasteiger partial charge in [0.2, 0.25) is 0 Å². The second-order valence-corrected chi connectivity index (χ2v) is 11.1. The number of hydrogen-bond acceptors (Lipinski definition) is 4. The summed E-state index contributed by atoms with van der Waals surface area (Å²) in [4.78, 5) is 16.6. The van der Waals surface area contributed by atoms with Gasteiger partial charge in [-0.2, -0.15) is 0 Å². The SMILES string of the molecule is COc1ccc2c(c1)CCC(c1ccccc1)C2c1ccc(N2CCN(C(=O)OC(C)(C)C)CC2)cc1. The molecule has 0 spiro atoms. The Bertz CT molecular complexity index is 1210. The Morgan fingerprint density at radius 1 is 0.865 bits per heavy atom. The van der Waals surface area contributed by atoms with Gasteiger partial charge in [-0.15, -0.1) is 0 Å². The molecular formula is C32H38N2O3. The summed E-state index contributed by atoms with van der Waals surface area (Å²) in [6.45, 7) is 8.68. The second-order valence-electron chi connectivity index (χ2n) is 11.1. The predicted molar refractivity (Wildman–Crippen MR) is 149 cm³/mol. The van der Waals surface area contributed by atoms with Crippen molar-refractivity contribution in [3.8, 4) is 5.75 Å². The number of carbonyl (C=O) groups excluding carboxylic acids is 1. The van der Waals surface area contributed by atoms with Crippen molar-refractivity contribution in [3.05, 3.63) is 95.1 Å². The lowest BCUT2D eigenvalue weighted by Gasteiger charge is -2.37. The number of carbonyl (C=O) groups is 1. The minimum absolute atomic E-state index is 0.220. The van der Waals surface area contributed by atoms with E-state index < -0.39 is 5.60 Å². The van der Waals surface area contributed by atoms with Crippen LogP contribution >= 0.6 is 0 Å². The number of benzene rings is 3. The lowest BCUT2D eigenvalue weighted by molar-refractivity contribution is 0.0240. The van der Waals surface area contributed by atoms with E-state index in [1.165, 1.54) is 27.9 Å². The van der Waals surface area contributed by atoms with Gasteiger partial charge in [-0.3, -0.25) is 0 Å². The lowest BCUT2D eigenvalue weighted by atomic mass is 9.69. The molecule has 5 heteroatoms. The number of anilines is 1. The van der Waals surface area contributed by atoms with E-state index in [2.05, 4.69) is 77.7 Å². The maximum Gasteiger partial charge on any atom is 0.410 e. The highest BCUT2D eigenvalue weighted by Gasteiger charge is 2.32. The summed E-state index contributed by atoms with van der Waals surface area (Å²) in [5.41, 5.74) is 6.27. The van der Waals surface area contributed by atoms with Crippen LogP contribution in [0.15, 0.2) is 72.8 Å². The van der Waals surface area contributed by atoms with Gasteiger partial charge >= 0.3 is 6.09 Å². The monoisotopic (exact) mass is 498 g/mol. The molecule has 1 aliphatic carbocycles. The van der Waals surface area contributed by atoms with Crippen LogP contribution in [0.25, 0.3) is 0 Å². The number of ether oxygens (including phenoxy) is 2. The number of aryl methyl sites for hydroxylation is 1. The number of amides is 1. The van der Waals surface area contributed by atoms with Crippen molar-refractivity contribution in [2.75, 3.05) is 38.2 Å². The third kappa shape index (κ3) is 5.61. The average molecular weight is 499 g/mol. The van der Waals surface area contributed by atoms with Crippen molar-refractivity contribution in [2.24, 2.45) is 0 Å². The van der Waals surface area contributed by atoms with Crippen LogP contribution in [0.5, 0.6) is 5.75 Å². The van der Waals surface area contributed by atoms with Gasteiger partial charge in [-0.1, -0.05) is 48.5 Å². The van der Waals surface area contributed by atoms with Gasteiger partial charge < -0.3 is 19.3 Å². The zero-order valence-corrected chi connectivity index (χ0v) is 22.4. The van der Waals surface area contributed by atoms with Gasteiger partial charge in [0.15, 0.2) is 0 Å². The van der Waals surface area contributed by atoms with Gasteiger partial charge in [0.1, 0.15) is 11.4 Å². The van der Waals surface area contributed by atoms with Crippen molar-refractivity contribution >= 4 is 11.8 Å². The van der Waals surface area contributed by atoms with E-state index in [0.717, 1.165) is 31.7 Å². The molecule has 2 atom stereocenters. The van der Waals surface area contributed by atoms with Crippen LogP contribution in [0.2, 0.25) is 0 Å². The molecule has 0 bridgehead atoms. The highest BCUT2D eigenvalue weighted by Crippen LogP contribution is 2.47. The van der Waals surface area contributed by atoms with E-state index in [9.17, 15) is 4.79 Å². The minimum Gasteiger partial charge on any atom is -0.497 e. The molecule has 1 saturated heterocycles. The zero-order valence-electron chi connectivity index (χ0n) is 22.4. The van der Waals surface area contributed by atoms with Gasteiger partial charge in [-0.25, -0.2) is 4.79 Å². The fourth-order valence-electron chi connectivity index (χ4n) is 5.76. The normalized spacial score (nSPS) is 19.8. The van der Waals surface area contributed by atoms with Crippen LogP contribution in [0.4, 0.5) is 10.5 Å². The molecule has 0 saturated carbocycles. The molecule has 1 fully saturated rings. The minimum atomic E-state index is -0.468. The first kappa shape index (κ1) is 25.2. The third-order valence-corrected chi connectivity index (χ3v) is 7.59. The van der Waals surface area contributed by atoms with Crippen LogP contribution in [0.3, 0.4) is 0 Å². The van der Waals surface area contributed by atoms with Crippen molar-refractivity contribution in [1.29, 1.82) is 0 Å². The fraction of sp³-hybridized carbons (Fsp3) is 0.406. The van der Waals surface area contributed by atoms with E-state index >= 15 is 0 Å². The van der Waals surface area contributed by atoms with Gasteiger partial charge in [-0.05, 0) is 86.1 Å². The average Bonchev–Trinajstić information content (AvgIpc) is 2.92. The summed E-state index contributed by atoms with van der Waals surface area (Å²) in [6, 6.07) is 26.6. The summed E-state index contributed by atoms with van der Waals surface area (Å²) in [7, 11) is 1.74. The Morgan fingerprint density at radius 3 is 2.22 bits per heavy atom. The van der Waals surface area contributed by atoms with Crippen molar-refractivity contribution in [3.63, 3.8) is 0 Å². The first-order valence-electron chi connectivity index (χ1n) is 13.4. The lowest BCUT2D eigenvalue weighted by Crippen LogP contribution is -2.50. The quantitative estimate of drug-likeness (QED) is 0.406. The molecule has 1 aliphatic heterocycles. The van der Waals surface area contributed by atoms with Gasteiger partial charge in [0, 0.05) is 37.8 Å². The Balaban J connectivity index is 1.36. The van der Waals surface area contributed by atoms with Crippen LogP contribution in [-0.2, 0) is 11.2 Å². The van der Waals surface area contributed by atoms with E-state index in [0.29, 0.717) is 24.9 Å². The molecule has 194 valence electrons. The molecule has 37 heavy (non-hydrogen) atoms. The van der Waals surface area contributed by atoms with E-state index in [1.807, 2.05) is 25.7 Å². The van der Waals surface area contributed by atoms with Gasteiger partial charge in [0.25, 0.3) is 0 Å². The highest BCUT2D eigenvalue weighted by atomic mass is 16.6. The Labute approximate surface area is 221 Å². The molecule has 0 radical (unpaired) electrons. The summed E-state index contributed by atoms with van der Waals surface area (Å²) in [5.74, 6) is 1.66. The molecule has 2 aliphatic rings. The van der Waals surface area contributed by atoms with Crippen molar-refractivity contribution in [2.45, 2.75) is 51.0 Å². The molecule has 1 heterocycles.